The molecule has 1 heterocycles. The molecule has 0 saturated carbocycles. The van der Waals surface area contributed by atoms with Crippen molar-refractivity contribution in [2.24, 2.45) is 0 Å². The van der Waals surface area contributed by atoms with E-state index in [2.05, 4.69) is 5.32 Å². The van der Waals surface area contributed by atoms with Gasteiger partial charge in [-0.25, -0.2) is 9.59 Å². The molecular weight excluding hydrogens is 387 g/mol. The zero-order valence-corrected chi connectivity index (χ0v) is 13.8. The third-order valence-corrected chi connectivity index (χ3v) is 4.08. The van der Waals surface area contributed by atoms with Gasteiger partial charge in [-0.3, -0.25) is 0 Å². The summed E-state index contributed by atoms with van der Waals surface area (Å²) in [6.45, 7) is 3.52. The Balaban J connectivity index is 2.17. The molecule has 1 aliphatic rings. The lowest BCUT2D eigenvalue weighted by Crippen LogP contribution is -2.50. The van der Waals surface area contributed by atoms with Crippen molar-refractivity contribution in [3.05, 3.63) is 27.3 Å². The second-order valence-corrected chi connectivity index (χ2v) is 6.00. The monoisotopic (exact) mass is 404 g/mol. The van der Waals surface area contributed by atoms with Crippen LogP contribution < -0.4 is 5.32 Å². The smallest absolute Gasteiger partial charge is 0.337 e. The van der Waals surface area contributed by atoms with Gasteiger partial charge in [0.25, 0.3) is 0 Å². The van der Waals surface area contributed by atoms with Crippen LogP contribution in [0.3, 0.4) is 0 Å². The van der Waals surface area contributed by atoms with Gasteiger partial charge in [0.05, 0.1) is 30.5 Å². The van der Waals surface area contributed by atoms with E-state index in [0.29, 0.717) is 25.4 Å². The Labute approximate surface area is 136 Å². The number of nitrogens with zero attached hydrogens (tertiary/aromatic N) is 1. The minimum Gasteiger partial charge on any atom is -0.478 e. The quantitative estimate of drug-likeness (QED) is 0.760. The number of amides is 2. The number of carbonyl (C=O) groups excluding carboxylic acids is 1. The number of morpholine rings is 1. The maximum Gasteiger partial charge on any atom is 0.337 e. The summed E-state index contributed by atoms with van der Waals surface area (Å²) < 4.78 is 6.17. The predicted octanol–water partition coefficient (Wildman–Crippen LogP) is 2.63. The Bertz CT molecular complexity index is 550. The summed E-state index contributed by atoms with van der Waals surface area (Å²) in [5, 5.41) is 11.9. The number of aromatic carboxylic acids is 1. The number of anilines is 1. The topological polar surface area (TPSA) is 78.9 Å². The zero-order valence-electron chi connectivity index (χ0n) is 11.6. The first-order valence-electron chi connectivity index (χ1n) is 6.71. The molecule has 1 fully saturated rings. The van der Waals surface area contributed by atoms with E-state index >= 15 is 0 Å². The minimum atomic E-state index is -1.06. The van der Waals surface area contributed by atoms with Crippen LogP contribution in [0, 0.1) is 3.57 Å². The summed E-state index contributed by atoms with van der Waals surface area (Å²) in [6.07, 6.45) is 0.798. The molecule has 0 aromatic heterocycles. The van der Waals surface area contributed by atoms with Crippen molar-refractivity contribution < 1.29 is 19.4 Å². The molecule has 2 amide bonds. The van der Waals surface area contributed by atoms with Crippen LogP contribution >= 0.6 is 22.6 Å². The van der Waals surface area contributed by atoms with Gasteiger partial charge < -0.3 is 20.1 Å². The molecular formula is C14H17IN2O4. The molecule has 1 atom stereocenters. The van der Waals surface area contributed by atoms with Gasteiger partial charge in [0.2, 0.25) is 0 Å². The number of ether oxygens (including phenoxy) is 1. The summed E-state index contributed by atoms with van der Waals surface area (Å²) in [4.78, 5) is 25.3. The van der Waals surface area contributed by atoms with Crippen molar-refractivity contribution >= 4 is 40.3 Å². The summed E-state index contributed by atoms with van der Waals surface area (Å²) in [7, 11) is 0. The standard InChI is InChI=1S/C14H17IN2O4/c1-2-10-8-21-6-5-17(10)14(20)16-12-4-3-9(15)7-11(12)13(18)19/h3-4,7,10H,2,5-6,8H2,1H3,(H,16,20)(H,18,19). The normalized spacial score (nSPS) is 18.4. The van der Waals surface area contributed by atoms with E-state index in [-0.39, 0.29) is 17.6 Å². The summed E-state index contributed by atoms with van der Waals surface area (Å²) >= 11 is 2.04. The van der Waals surface area contributed by atoms with Crippen LogP contribution in [0.4, 0.5) is 10.5 Å². The first-order chi connectivity index (χ1) is 10.0. The van der Waals surface area contributed by atoms with Gasteiger partial charge in [0, 0.05) is 10.1 Å². The molecule has 21 heavy (non-hydrogen) atoms. The number of hydrogen-bond donors (Lipinski definition) is 2. The third kappa shape index (κ3) is 3.85. The van der Waals surface area contributed by atoms with E-state index in [1.807, 2.05) is 29.5 Å². The lowest BCUT2D eigenvalue weighted by molar-refractivity contribution is 0.0144. The molecule has 2 rings (SSSR count). The van der Waals surface area contributed by atoms with Crippen LogP contribution in [0.1, 0.15) is 23.7 Å². The van der Waals surface area contributed by atoms with Crippen molar-refractivity contribution in [1.82, 2.24) is 4.90 Å². The van der Waals surface area contributed by atoms with Gasteiger partial charge in [-0.2, -0.15) is 0 Å². The number of halogens is 1. The highest BCUT2D eigenvalue weighted by atomic mass is 127. The minimum absolute atomic E-state index is 0.0240. The molecule has 1 saturated heterocycles. The van der Waals surface area contributed by atoms with Gasteiger partial charge in [-0.05, 0) is 47.2 Å². The highest BCUT2D eigenvalue weighted by Crippen LogP contribution is 2.20. The molecule has 1 unspecified atom stereocenters. The molecule has 0 bridgehead atoms. The second-order valence-electron chi connectivity index (χ2n) is 4.76. The summed E-state index contributed by atoms with van der Waals surface area (Å²) in [6, 6.07) is 4.66. The number of nitrogens with one attached hydrogen (secondary N) is 1. The number of carboxylic acids is 1. The number of urea groups is 1. The van der Waals surface area contributed by atoms with Gasteiger partial charge >= 0.3 is 12.0 Å². The molecule has 1 aliphatic heterocycles. The maximum atomic E-state index is 12.4. The van der Waals surface area contributed by atoms with Gasteiger partial charge in [-0.15, -0.1) is 0 Å². The highest BCUT2D eigenvalue weighted by molar-refractivity contribution is 14.1. The maximum absolute atomic E-state index is 12.4. The third-order valence-electron chi connectivity index (χ3n) is 3.41. The average molecular weight is 404 g/mol. The molecule has 1 aromatic carbocycles. The number of carboxylic acid groups (broad SMARTS) is 1. The van der Waals surface area contributed by atoms with Crippen LogP contribution in [0.15, 0.2) is 18.2 Å². The van der Waals surface area contributed by atoms with Crippen LogP contribution in [-0.2, 0) is 4.74 Å². The van der Waals surface area contributed by atoms with Crippen molar-refractivity contribution in [3.8, 4) is 0 Å². The Morgan fingerprint density at radius 3 is 2.95 bits per heavy atom. The largest absolute Gasteiger partial charge is 0.478 e. The van der Waals surface area contributed by atoms with Crippen LogP contribution in [0.25, 0.3) is 0 Å². The number of hydrogen-bond acceptors (Lipinski definition) is 3. The average Bonchev–Trinajstić information content (AvgIpc) is 2.48. The predicted molar refractivity (Wildman–Crippen MR) is 86.7 cm³/mol. The number of benzene rings is 1. The zero-order chi connectivity index (χ0) is 15.4. The fraction of sp³-hybridized carbons (Fsp3) is 0.429. The first-order valence-corrected chi connectivity index (χ1v) is 7.79. The SMILES string of the molecule is CCC1COCCN1C(=O)Nc1ccc(I)cc1C(=O)O. The number of carbonyl (C=O) groups is 2. The van der Waals surface area contributed by atoms with Crippen molar-refractivity contribution in [1.29, 1.82) is 0 Å². The molecule has 0 aliphatic carbocycles. The molecule has 6 nitrogen and oxygen atoms in total. The van der Waals surface area contributed by atoms with Crippen LogP contribution in [0.5, 0.6) is 0 Å². The van der Waals surface area contributed by atoms with Crippen LogP contribution in [0.2, 0.25) is 0 Å². The van der Waals surface area contributed by atoms with E-state index < -0.39 is 5.97 Å². The lowest BCUT2D eigenvalue weighted by atomic mass is 10.1. The molecule has 1 aromatic rings. The molecule has 2 N–H and O–H groups in total. The van der Waals surface area contributed by atoms with Crippen molar-refractivity contribution in [2.45, 2.75) is 19.4 Å². The van der Waals surface area contributed by atoms with E-state index in [4.69, 9.17) is 4.74 Å². The first kappa shape index (κ1) is 16.0. The van der Waals surface area contributed by atoms with Crippen molar-refractivity contribution in [3.63, 3.8) is 0 Å². The van der Waals surface area contributed by atoms with E-state index in [9.17, 15) is 14.7 Å². The van der Waals surface area contributed by atoms with E-state index in [1.165, 1.54) is 6.07 Å². The molecule has 0 radical (unpaired) electrons. The van der Waals surface area contributed by atoms with Crippen LogP contribution in [-0.4, -0.2) is 47.8 Å². The van der Waals surface area contributed by atoms with Gasteiger partial charge in [0.1, 0.15) is 0 Å². The van der Waals surface area contributed by atoms with E-state index in [0.717, 1.165) is 9.99 Å². The second kappa shape index (κ2) is 7.08. The van der Waals surface area contributed by atoms with E-state index in [1.54, 1.807) is 17.0 Å². The Morgan fingerprint density at radius 2 is 2.29 bits per heavy atom. The Kier molecular flexibility index (Phi) is 5.40. The fourth-order valence-electron chi connectivity index (χ4n) is 2.25. The molecule has 0 spiro atoms. The molecule has 7 heteroatoms. The summed E-state index contributed by atoms with van der Waals surface area (Å²) in [5.74, 6) is -1.06. The lowest BCUT2D eigenvalue weighted by Gasteiger charge is -2.35. The summed E-state index contributed by atoms with van der Waals surface area (Å²) in [5.41, 5.74) is 0.408. The fourth-order valence-corrected chi connectivity index (χ4v) is 2.74. The van der Waals surface area contributed by atoms with Crippen molar-refractivity contribution in [2.75, 3.05) is 25.1 Å². The highest BCUT2D eigenvalue weighted by Gasteiger charge is 2.26. The van der Waals surface area contributed by atoms with Gasteiger partial charge in [-0.1, -0.05) is 6.92 Å². The number of rotatable bonds is 3. The Hall–Kier alpha value is -1.35. The molecule has 114 valence electrons. The van der Waals surface area contributed by atoms with Gasteiger partial charge in [0.15, 0.2) is 0 Å². The Morgan fingerprint density at radius 1 is 1.52 bits per heavy atom.